The molecule has 2 atom stereocenters. The average molecular weight is 846 g/mol. The number of hydrogen-bond acceptors (Lipinski definition) is 8. The van der Waals surface area contributed by atoms with E-state index >= 15 is 0 Å². The number of nitrogens with two attached hydrogens (primary N) is 1. The summed E-state index contributed by atoms with van der Waals surface area (Å²) < 4.78 is 32.7. The van der Waals surface area contributed by atoms with Crippen LogP contribution in [0.5, 0.6) is 0 Å². The minimum Gasteiger partial charge on any atom is -0.462 e. The van der Waals surface area contributed by atoms with E-state index in [1.807, 2.05) is 12.2 Å². The highest BCUT2D eigenvalue weighted by Gasteiger charge is 2.25. The number of unbranched alkanes of at least 4 members (excludes halogenated alkanes) is 15. The Morgan fingerprint density at radius 2 is 0.915 bits per heavy atom. The molecule has 0 rings (SSSR count). The largest absolute Gasteiger partial charge is 0.472 e. The molecule has 0 aliphatic carbocycles. The zero-order chi connectivity index (χ0) is 43.2. The molecule has 338 valence electrons. The molecule has 1 unspecified atom stereocenters. The van der Waals surface area contributed by atoms with Crippen molar-refractivity contribution in [1.29, 1.82) is 0 Å². The second kappa shape index (κ2) is 44.7. The zero-order valence-electron chi connectivity index (χ0n) is 37.2. The minimum absolute atomic E-state index is 0.0392. The topological polar surface area (TPSA) is 134 Å². The Morgan fingerprint density at radius 3 is 1.37 bits per heavy atom. The van der Waals surface area contributed by atoms with E-state index < -0.39 is 32.5 Å². The molecule has 0 aromatic carbocycles. The van der Waals surface area contributed by atoms with Crippen LogP contribution in [0.25, 0.3) is 0 Å². The molecule has 59 heavy (non-hydrogen) atoms. The van der Waals surface area contributed by atoms with Gasteiger partial charge in [-0.3, -0.25) is 18.6 Å². The summed E-state index contributed by atoms with van der Waals surface area (Å²) in [5.74, 6) is -0.935. The molecule has 0 aromatic heterocycles. The second-order valence-corrected chi connectivity index (χ2v) is 16.4. The van der Waals surface area contributed by atoms with Crippen LogP contribution in [0.3, 0.4) is 0 Å². The highest BCUT2D eigenvalue weighted by molar-refractivity contribution is 7.47. The van der Waals surface area contributed by atoms with Crippen LogP contribution in [0.4, 0.5) is 0 Å². The fraction of sp³-hybridized carbons (Fsp3) is 0.673. The molecule has 0 fully saturated rings. The van der Waals surface area contributed by atoms with Crippen LogP contribution in [0.2, 0.25) is 0 Å². The van der Waals surface area contributed by atoms with E-state index in [9.17, 15) is 19.0 Å². The first-order valence-corrected chi connectivity index (χ1v) is 24.6. The van der Waals surface area contributed by atoms with Crippen LogP contribution in [0.1, 0.15) is 181 Å². The molecule has 0 aromatic rings. The molecule has 3 N–H and O–H groups in total. The van der Waals surface area contributed by atoms with Crippen molar-refractivity contribution in [1.82, 2.24) is 0 Å². The van der Waals surface area contributed by atoms with Gasteiger partial charge in [0.05, 0.1) is 13.2 Å². The number of rotatable bonds is 42. The van der Waals surface area contributed by atoms with Gasteiger partial charge in [0.1, 0.15) is 6.61 Å². The van der Waals surface area contributed by atoms with Gasteiger partial charge in [-0.05, 0) is 83.5 Å². The van der Waals surface area contributed by atoms with Crippen molar-refractivity contribution >= 4 is 19.8 Å². The van der Waals surface area contributed by atoms with Crippen LogP contribution in [0, 0.1) is 0 Å². The van der Waals surface area contributed by atoms with E-state index in [2.05, 4.69) is 86.8 Å². The van der Waals surface area contributed by atoms with Crippen LogP contribution in [-0.4, -0.2) is 49.3 Å². The lowest BCUT2D eigenvalue weighted by Gasteiger charge is -2.19. The van der Waals surface area contributed by atoms with Gasteiger partial charge in [-0.15, -0.1) is 0 Å². The summed E-state index contributed by atoms with van der Waals surface area (Å²) >= 11 is 0. The first-order valence-electron chi connectivity index (χ1n) is 23.1. The third kappa shape index (κ3) is 44.6. The number of allylic oxidation sites excluding steroid dienone is 14. The average Bonchev–Trinajstić information content (AvgIpc) is 3.22. The Labute approximate surface area is 360 Å². The van der Waals surface area contributed by atoms with Gasteiger partial charge in [-0.25, -0.2) is 4.57 Å². The van der Waals surface area contributed by atoms with Crippen LogP contribution >= 0.6 is 7.82 Å². The minimum atomic E-state index is -4.40. The SMILES string of the molecule is CCCCC/C=C\C/C=C\C/C=C\C/C=C\C/C=C\CCC(=O)OC[C@H](COP(=O)(O)OCCN)OC(=O)CCCCCCCCCCC/C=C\C/C=C\CCCCC. The lowest BCUT2D eigenvalue weighted by atomic mass is 10.1. The summed E-state index contributed by atoms with van der Waals surface area (Å²) in [5.41, 5.74) is 5.35. The molecule has 0 saturated carbocycles. The molecule has 9 nitrogen and oxygen atoms in total. The van der Waals surface area contributed by atoms with Crippen LogP contribution in [0.15, 0.2) is 85.1 Å². The summed E-state index contributed by atoms with van der Waals surface area (Å²) in [5, 5.41) is 0. The first-order chi connectivity index (χ1) is 28.8. The summed E-state index contributed by atoms with van der Waals surface area (Å²) in [7, 11) is -4.40. The highest BCUT2D eigenvalue weighted by Crippen LogP contribution is 2.43. The second-order valence-electron chi connectivity index (χ2n) is 14.9. The van der Waals surface area contributed by atoms with Gasteiger partial charge in [-0.2, -0.15) is 0 Å². The Bertz CT molecular complexity index is 1240. The quantitative estimate of drug-likeness (QED) is 0.0266. The maximum absolute atomic E-state index is 12.6. The fourth-order valence-electron chi connectivity index (χ4n) is 5.82. The molecular weight excluding hydrogens is 762 g/mol. The predicted octanol–water partition coefficient (Wildman–Crippen LogP) is 13.6. The van der Waals surface area contributed by atoms with Crippen LogP contribution < -0.4 is 5.73 Å². The van der Waals surface area contributed by atoms with Gasteiger partial charge in [0.2, 0.25) is 0 Å². The molecule has 0 radical (unpaired) electrons. The lowest BCUT2D eigenvalue weighted by Crippen LogP contribution is -2.29. The Hall–Kier alpha value is -2.81. The number of esters is 2. The smallest absolute Gasteiger partial charge is 0.462 e. The van der Waals surface area contributed by atoms with Crippen molar-refractivity contribution in [2.45, 2.75) is 187 Å². The van der Waals surface area contributed by atoms with E-state index in [1.54, 1.807) is 0 Å². The van der Waals surface area contributed by atoms with Crippen LogP contribution in [-0.2, 0) is 32.7 Å². The number of phosphoric acid groups is 1. The molecule has 0 heterocycles. The molecule has 0 aliphatic rings. The van der Waals surface area contributed by atoms with Crippen molar-refractivity contribution in [2.75, 3.05) is 26.4 Å². The molecular formula is C49H84NO8P. The third-order valence-electron chi connectivity index (χ3n) is 9.27. The molecule has 0 spiro atoms. The lowest BCUT2D eigenvalue weighted by molar-refractivity contribution is -0.161. The number of carbonyl (C=O) groups is 2. The fourth-order valence-corrected chi connectivity index (χ4v) is 6.59. The van der Waals surface area contributed by atoms with E-state index in [0.717, 1.165) is 57.8 Å². The Kier molecular flexibility index (Phi) is 42.6. The van der Waals surface area contributed by atoms with Crippen molar-refractivity contribution in [3.63, 3.8) is 0 Å². The van der Waals surface area contributed by atoms with Crippen molar-refractivity contribution < 1.29 is 37.6 Å². The zero-order valence-corrected chi connectivity index (χ0v) is 38.1. The third-order valence-corrected chi connectivity index (χ3v) is 10.3. The monoisotopic (exact) mass is 846 g/mol. The van der Waals surface area contributed by atoms with Crippen molar-refractivity contribution in [3.05, 3.63) is 85.1 Å². The van der Waals surface area contributed by atoms with Gasteiger partial charge >= 0.3 is 19.8 Å². The van der Waals surface area contributed by atoms with Crippen molar-refractivity contribution in [3.8, 4) is 0 Å². The maximum Gasteiger partial charge on any atom is 0.472 e. The molecule has 0 aliphatic heterocycles. The Balaban J connectivity index is 4.26. The normalized spacial score (nSPS) is 14.0. The molecule has 10 heteroatoms. The molecule has 0 amide bonds. The maximum atomic E-state index is 12.6. The summed E-state index contributed by atoms with van der Waals surface area (Å²) in [4.78, 5) is 34.9. The number of hydrogen-bond donors (Lipinski definition) is 2. The van der Waals surface area contributed by atoms with E-state index in [0.29, 0.717) is 12.8 Å². The number of carbonyl (C=O) groups excluding carboxylic acids is 2. The summed E-state index contributed by atoms with van der Waals surface area (Å²) in [6, 6.07) is 0. The molecule has 0 bridgehead atoms. The Morgan fingerprint density at radius 1 is 0.508 bits per heavy atom. The standard InChI is InChI=1S/C49H84NO8P/c1-3-5-7-9-11-13-15-17-19-21-23-25-27-29-31-33-35-37-39-41-48(51)55-45-47(46-57-59(53,54)56-44-43-50)58-49(52)42-40-38-36-34-32-30-28-26-24-22-20-18-16-14-12-10-8-6-4-2/h11-14,17-20,23,25,29,31,35,37,47H,3-10,15-16,21-22,24,26-28,30,32-34,36,38-46,50H2,1-2H3,(H,53,54)/b13-11-,14-12-,19-17-,20-18-,25-23-,31-29-,37-35-/t47-/m1/s1. The van der Waals surface area contributed by atoms with E-state index in [1.165, 1.54) is 83.5 Å². The summed E-state index contributed by atoms with van der Waals surface area (Å²) in [6.45, 7) is 3.58. The highest BCUT2D eigenvalue weighted by atomic mass is 31.2. The van der Waals surface area contributed by atoms with Gasteiger partial charge < -0.3 is 20.1 Å². The molecule has 0 saturated heterocycles. The van der Waals surface area contributed by atoms with Gasteiger partial charge in [0.15, 0.2) is 6.10 Å². The van der Waals surface area contributed by atoms with Crippen molar-refractivity contribution in [2.24, 2.45) is 5.73 Å². The number of ether oxygens (including phenoxy) is 2. The van der Waals surface area contributed by atoms with Gasteiger partial charge in [-0.1, -0.05) is 170 Å². The van der Waals surface area contributed by atoms with Gasteiger partial charge in [0, 0.05) is 19.4 Å². The first kappa shape index (κ1) is 56.2. The predicted molar refractivity (Wildman–Crippen MR) is 247 cm³/mol. The van der Waals surface area contributed by atoms with Gasteiger partial charge in [0.25, 0.3) is 0 Å². The number of phosphoric ester groups is 1. The summed E-state index contributed by atoms with van der Waals surface area (Å²) in [6.07, 6.45) is 56.2. The van der Waals surface area contributed by atoms with E-state index in [-0.39, 0.29) is 32.6 Å². The van der Waals surface area contributed by atoms with E-state index in [4.69, 9.17) is 24.3 Å².